The molecule has 3 aliphatic rings. The van der Waals surface area contributed by atoms with E-state index in [4.69, 9.17) is 23.3 Å². The molecule has 114 heavy (non-hydrogen) atoms. The molecule has 0 aromatic heterocycles. The van der Waals surface area contributed by atoms with Crippen LogP contribution in [-0.2, 0) is 66.9 Å². The number of benzene rings is 11. The number of halogens is 12. The molecule has 1 aliphatic carbocycles. The van der Waals surface area contributed by atoms with Crippen LogP contribution in [0.5, 0.6) is 11.5 Å². The third-order valence-electron chi connectivity index (χ3n) is 18.5. The Morgan fingerprint density at radius 3 is 1.12 bits per heavy atom. The van der Waals surface area contributed by atoms with Crippen LogP contribution < -0.4 is 30.9 Å². The van der Waals surface area contributed by atoms with E-state index in [1.807, 2.05) is 112 Å². The van der Waals surface area contributed by atoms with Gasteiger partial charge in [0.25, 0.3) is 0 Å². The molecule has 2 aliphatic heterocycles. The minimum absolute atomic E-state index is 0. The van der Waals surface area contributed by atoms with Gasteiger partial charge in [-0.15, -0.1) is 0 Å². The van der Waals surface area contributed by atoms with E-state index in [2.05, 4.69) is 146 Å². The molecular formula is C94H99BF12IrNO4P-2. The fourth-order valence-electron chi connectivity index (χ4n) is 14.1. The molecule has 0 unspecified atom stereocenters. The second-order valence-electron chi connectivity index (χ2n) is 26.2. The predicted octanol–water partition coefficient (Wildman–Crippen LogP) is 26.3. The topological polar surface area (TPSA) is 49.3 Å². The summed E-state index contributed by atoms with van der Waals surface area (Å²) in [5, 5.41) is 4.49. The number of ether oxygens (including phenoxy) is 1. The van der Waals surface area contributed by atoms with E-state index < -0.39 is 83.7 Å². The van der Waals surface area contributed by atoms with Crippen LogP contribution in [0.4, 0.5) is 52.7 Å². The monoisotopic (exact) mass is 1770 g/mol. The van der Waals surface area contributed by atoms with E-state index in [1.54, 1.807) is 19.9 Å². The van der Waals surface area contributed by atoms with Crippen molar-refractivity contribution in [3.8, 4) is 22.6 Å². The maximum absolute atomic E-state index is 14.2. The van der Waals surface area contributed by atoms with Crippen molar-refractivity contribution in [1.29, 1.82) is 0 Å². The molecule has 0 saturated carbocycles. The molecule has 0 bridgehead atoms. The number of rotatable bonds is 12. The zero-order valence-corrected chi connectivity index (χ0v) is 70.1. The molecule has 20 heteroatoms. The quantitative estimate of drug-likeness (QED) is 0.0529. The Hall–Kier alpha value is -9.25. The summed E-state index contributed by atoms with van der Waals surface area (Å²) in [6, 6.07) is 65.8. The van der Waals surface area contributed by atoms with Crippen LogP contribution >= 0.6 is 8.60 Å². The van der Waals surface area contributed by atoms with Crippen molar-refractivity contribution in [1.82, 2.24) is 0 Å². The maximum Gasteiger partial charge on any atom is 0.486 e. The SMILES string of the molecule is CC.CC.CC.CC.CC.Cc1cc(C)cc([B-](c2cc(C)cc(C(F)(F)F)c2)(c2cc(C)cc(C(F)(F)F)c2)c2cc(C(F)(F)F)cc(C(F)(F)F)c2)c1.[C-]1=CCC[C-]=CCC1.[Ir].c1ccc(CC(Cc2ccccc2)(O[PH+]2Oc3ccc4ccccc4c3-c3c(ccc4ccccc34)O2)[C@@H]2COC(c3ccccc3)=N2)cc1. The smallest absolute Gasteiger partial charge is 0.486 e. The van der Waals surface area contributed by atoms with Crippen LogP contribution in [-0.4, -0.2) is 30.3 Å². The van der Waals surface area contributed by atoms with Crippen molar-refractivity contribution in [3.63, 3.8) is 0 Å². The van der Waals surface area contributed by atoms with Crippen molar-refractivity contribution < 1.29 is 91.1 Å². The van der Waals surface area contributed by atoms with E-state index in [1.165, 1.54) is 26.0 Å². The van der Waals surface area contributed by atoms with Gasteiger partial charge in [0, 0.05) is 49.6 Å². The Bertz CT molecular complexity index is 4680. The number of fused-ring (bicyclic) bond motifs is 7. The third kappa shape index (κ3) is 23.5. The molecule has 0 N–H and O–H groups in total. The zero-order chi connectivity index (χ0) is 82.9. The second kappa shape index (κ2) is 42.9. The van der Waals surface area contributed by atoms with Gasteiger partial charge < -0.3 is 16.9 Å². The number of hydrogen-bond donors (Lipinski definition) is 0. The molecule has 0 spiro atoms. The molecule has 0 saturated heterocycles. The van der Waals surface area contributed by atoms with Crippen molar-refractivity contribution in [2.45, 2.75) is 172 Å². The van der Waals surface area contributed by atoms with Gasteiger partial charge in [0.05, 0.1) is 22.3 Å². The number of nitrogens with zero attached hydrogens (tertiary/aromatic N) is 1. The van der Waals surface area contributed by atoms with Gasteiger partial charge in [-0.2, -0.15) is 91.9 Å². The number of hydrogen-bond acceptors (Lipinski definition) is 5. The van der Waals surface area contributed by atoms with E-state index >= 15 is 0 Å². The average molecular weight is 1770 g/mol. The van der Waals surface area contributed by atoms with Crippen LogP contribution in [0.3, 0.4) is 0 Å². The fourth-order valence-corrected chi connectivity index (χ4v) is 15.6. The van der Waals surface area contributed by atoms with Gasteiger partial charge in [-0.05, 0) is 103 Å². The summed E-state index contributed by atoms with van der Waals surface area (Å²) < 4.78 is 198. The van der Waals surface area contributed by atoms with Gasteiger partial charge in [-0.1, -0.05) is 298 Å². The summed E-state index contributed by atoms with van der Waals surface area (Å²) >= 11 is 0. The fraction of sp³-hybridized carbons (Fsp3) is 0.287. The van der Waals surface area contributed by atoms with Gasteiger partial charge in [0.15, 0.2) is 17.1 Å². The standard InChI is InChI=1S/C44H35NO4P.C32H24BF12.C8H10.5C2H6.Ir/c1-4-14-31(15-5-1)28-44(29-32-16-6-2-7-17-32,40-30-46-43(45-40)35-20-8-3-9-21-35)49-50-47-38-26-24-33-18-10-12-22-36(33)41(38)42-37-23-13-11-19-34(37)25-27-39(42)48-50;1-17-5-18(2)9-25(8-17)33(26-10-19(3)6-21(13-26)29(34,35)36,27-11-20(4)7-22(14-27)30(37,38)39)28-15-23(31(40,41)42)12-24(16-28)32(43,44)45;1-2-4-6-8-7-5-3-1;5*1-2;/h1-27,40,50H,28-30H2;5-16H,1-4H3;1,8H,2,4-5,7H2;5*1-2H3;/q+1;-1;-2;;;;;;/t40-;;;;;;;;/m0......../s1. The van der Waals surface area contributed by atoms with Crippen LogP contribution in [0.1, 0.15) is 156 Å². The summed E-state index contributed by atoms with van der Waals surface area (Å²) in [5.74, 6) is 2.12. The summed E-state index contributed by atoms with van der Waals surface area (Å²) in [6.07, 6.45) is -8.15. The first kappa shape index (κ1) is 93.6. The number of alkyl halides is 12. The molecule has 5 nitrogen and oxygen atoms in total. The van der Waals surface area contributed by atoms with Crippen LogP contribution in [0.2, 0.25) is 0 Å². The Morgan fingerprint density at radius 1 is 0.404 bits per heavy atom. The number of allylic oxidation sites excluding steroid dienone is 4. The van der Waals surface area contributed by atoms with Gasteiger partial charge in [0.1, 0.15) is 18.8 Å². The summed E-state index contributed by atoms with van der Waals surface area (Å²) in [7, 11) is -2.48. The van der Waals surface area contributed by atoms with Crippen molar-refractivity contribution in [3.05, 3.63) is 322 Å². The summed E-state index contributed by atoms with van der Waals surface area (Å²) in [4.78, 5) is 5.26. The van der Waals surface area contributed by atoms with Gasteiger partial charge in [-0.25, -0.2) is 4.99 Å². The van der Waals surface area contributed by atoms with Crippen molar-refractivity contribution in [2.24, 2.45) is 4.99 Å². The van der Waals surface area contributed by atoms with E-state index in [-0.39, 0.29) is 48.8 Å². The minimum Gasteiger partial charge on any atom is -0.500 e. The van der Waals surface area contributed by atoms with Crippen LogP contribution in [0.25, 0.3) is 32.7 Å². The Kier molecular flexibility index (Phi) is 35.2. The van der Waals surface area contributed by atoms with E-state index in [9.17, 15) is 52.7 Å². The van der Waals surface area contributed by atoms with Gasteiger partial charge in [-0.3, -0.25) is 21.2 Å². The molecule has 14 rings (SSSR count). The van der Waals surface area contributed by atoms with Gasteiger partial charge in [0.2, 0.25) is 5.90 Å². The third-order valence-corrected chi connectivity index (χ3v) is 19.9. The summed E-state index contributed by atoms with van der Waals surface area (Å²) in [5.41, 5.74) is -2.66. The molecule has 607 valence electrons. The molecular weight excluding hydrogens is 1670 g/mol. The van der Waals surface area contributed by atoms with Crippen LogP contribution in [0, 0.1) is 39.8 Å². The minimum atomic E-state index is -5.35. The van der Waals surface area contributed by atoms with Crippen LogP contribution in [0.15, 0.2) is 254 Å². The molecule has 11 aromatic carbocycles. The molecule has 11 aromatic rings. The van der Waals surface area contributed by atoms with E-state index in [0.29, 0.717) is 60.7 Å². The largest absolute Gasteiger partial charge is 0.500 e. The molecule has 0 amide bonds. The Labute approximate surface area is 679 Å². The first-order chi connectivity index (χ1) is 54.1. The first-order valence-corrected chi connectivity index (χ1v) is 39.7. The summed E-state index contributed by atoms with van der Waals surface area (Å²) in [6.45, 7) is 25.9. The number of aryl methyl sites for hydroxylation is 4. The zero-order valence-electron chi connectivity index (χ0n) is 66.7. The van der Waals surface area contributed by atoms with Gasteiger partial charge >= 0.3 is 33.3 Å². The first-order valence-electron chi connectivity index (χ1n) is 38.5. The second-order valence-corrected chi connectivity index (χ2v) is 27.3. The normalized spacial score (nSPS) is 13.8. The molecule has 2 heterocycles. The molecule has 1 atom stereocenters. The van der Waals surface area contributed by atoms with E-state index in [0.717, 1.165) is 111 Å². The average Bonchev–Trinajstić information content (AvgIpc) is 0.825. The Morgan fingerprint density at radius 2 is 0.737 bits per heavy atom. The molecule has 1 radical (unpaired) electrons. The number of aliphatic imine (C=N–C) groups is 1. The van der Waals surface area contributed by atoms with Crippen molar-refractivity contribution in [2.75, 3.05) is 6.61 Å². The predicted molar refractivity (Wildman–Crippen MR) is 443 cm³/mol. The maximum atomic E-state index is 14.2. The Balaban J connectivity index is 0.000000293. The molecule has 0 fully saturated rings. The van der Waals surface area contributed by atoms with Crippen molar-refractivity contribution >= 4 is 64.0 Å².